The minimum atomic E-state index is 1.07. The largest absolute Gasteiger partial charge is 0.317 e. The number of nitrogens with zero attached hydrogens (tertiary/aromatic N) is 1. The first-order valence-corrected chi connectivity index (χ1v) is 7.89. The molecule has 1 heterocycles. The molecule has 0 aliphatic heterocycles. The second kappa shape index (κ2) is 6.99. The molecular weight excluding hydrogens is 248 g/mol. The van der Waals surface area contributed by atoms with Crippen LogP contribution in [0.4, 0.5) is 0 Å². The van der Waals surface area contributed by atoms with Gasteiger partial charge in [-0.2, -0.15) is 0 Å². The SMILES string of the molecule is CCNCCCCSc1nc2ccccc2s1. The van der Waals surface area contributed by atoms with Gasteiger partial charge in [0.05, 0.1) is 10.2 Å². The number of unbranched alkanes of at least 4 members (excludes halogenated alkanes) is 1. The minimum Gasteiger partial charge on any atom is -0.317 e. The van der Waals surface area contributed by atoms with Crippen molar-refractivity contribution in [1.29, 1.82) is 0 Å². The molecule has 0 saturated carbocycles. The van der Waals surface area contributed by atoms with E-state index in [1.165, 1.54) is 27.6 Å². The molecule has 2 aromatic rings. The summed E-state index contributed by atoms with van der Waals surface area (Å²) in [5.74, 6) is 1.17. The number of thioether (sulfide) groups is 1. The van der Waals surface area contributed by atoms with Gasteiger partial charge in [0.1, 0.15) is 0 Å². The van der Waals surface area contributed by atoms with E-state index >= 15 is 0 Å². The maximum Gasteiger partial charge on any atom is 0.151 e. The molecule has 1 aromatic carbocycles. The second-order valence-electron chi connectivity index (χ2n) is 3.86. The van der Waals surface area contributed by atoms with Gasteiger partial charge in [0, 0.05) is 5.75 Å². The van der Waals surface area contributed by atoms with Crippen LogP contribution >= 0.6 is 23.1 Å². The topological polar surface area (TPSA) is 24.9 Å². The van der Waals surface area contributed by atoms with E-state index in [0.29, 0.717) is 0 Å². The van der Waals surface area contributed by atoms with Crippen LogP contribution in [0.25, 0.3) is 10.2 Å². The summed E-state index contributed by atoms with van der Waals surface area (Å²) >= 11 is 3.69. The van der Waals surface area contributed by atoms with Gasteiger partial charge in [-0.15, -0.1) is 11.3 Å². The highest BCUT2D eigenvalue weighted by molar-refractivity contribution is 8.01. The zero-order valence-electron chi connectivity index (χ0n) is 10.1. The summed E-state index contributed by atoms with van der Waals surface area (Å²) in [5, 5.41) is 3.35. The molecule has 0 fully saturated rings. The number of fused-ring (bicyclic) bond motifs is 1. The van der Waals surface area contributed by atoms with Gasteiger partial charge < -0.3 is 5.32 Å². The summed E-state index contributed by atoms with van der Waals surface area (Å²) in [5.41, 5.74) is 1.13. The predicted molar refractivity (Wildman–Crippen MR) is 78.1 cm³/mol. The third-order valence-corrected chi connectivity index (χ3v) is 4.76. The van der Waals surface area contributed by atoms with Crippen molar-refractivity contribution in [1.82, 2.24) is 10.3 Å². The van der Waals surface area contributed by atoms with E-state index in [2.05, 4.69) is 35.4 Å². The fourth-order valence-corrected chi connectivity index (χ4v) is 3.74. The predicted octanol–water partition coefficient (Wildman–Crippen LogP) is 3.78. The molecule has 0 radical (unpaired) electrons. The number of para-hydroxylation sites is 1. The summed E-state index contributed by atoms with van der Waals surface area (Å²) < 4.78 is 2.50. The summed E-state index contributed by atoms with van der Waals surface area (Å²) in [4.78, 5) is 4.61. The van der Waals surface area contributed by atoms with Crippen molar-refractivity contribution in [2.75, 3.05) is 18.8 Å². The van der Waals surface area contributed by atoms with Crippen LogP contribution in [0.15, 0.2) is 28.6 Å². The molecular formula is C13H18N2S2. The highest BCUT2D eigenvalue weighted by Gasteiger charge is 2.02. The Morgan fingerprint density at radius 3 is 3.00 bits per heavy atom. The van der Waals surface area contributed by atoms with E-state index in [0.717, 1.165) is 18.6 Å². The molecule has 0 atom stereocenters. The molecule has 2 rings (SSSR count). The quantitative estimate of drug-likeness (QED) is 0.610. The standard InChI is InChI=1S/C13H18N2S2/c1-2-14-9-5-6-10-16-13-15-11-7-3-4-8-12(11)17-13/h3-4,7-8,14H,2,5-6,9-10H2,1H3. The summed E-state index contributed by atoms with van der Waals surface area (Å²) in [6.07, 6.45) is 2.51. The van der Waals surface area contributed by atoms with Crippen molar-refractivity contribution >= 4 is 33.3 Å². The molecule has 0 aliphatic rings. The maximum atomic E-state index is 4.61. The molecule has 1 aromatic heterocycles. The normalized spacial score (nSPS) is 11.1. The number of rotatable bonds is 7. The van der Waals surface area contributed by atoms with Gasteiger partial charge in [-0.3, -0.25) is 0 Å². The number of hydrogen-bond donors (Lipinski definition) is 1. The lowest BCUT2D eigenvalue weighted by Crippen LogP contribution is -2.13. The van der Waals surface area contributed by atoms with Gasteiger partial charge in [-0.05, 0) is 38.1 Å². The first kappa shape index (κ1) is 12.9. The van der Waals surface area contributed by atoms with Crippen LogP contribution in [0.3, 0.4) is 0 Å². The van der Waals surface area contributed by atoms with Crippen molar-refractivity contribution in [3.63, 3.8) is 0 Å². The van der Waals surface area contributed by atoms with Crippen LogP contribution in [0.2, 0.25) is 0 Å². The average molecular weight is 266 g/mol. The summed E-state index contributed by atoms with van der Waals surface area (Å²) in [7, 11) is 0. The number of aromatic nitrogens is 1. The van der Waals surface area contributed by atoms with Crippen molar-refractivity contribution in [2.45, 2.75) is 24.1 Å². The Morgan fingerprint density at radius 2 is 2.18 bits per heavy atom. The van der Waals surface area contributed by atoms with Crippen molar-refractivity contribution in [3.8, 4) is 0 Å². The Bertz CT molecular complexity index is 420. The van der Waals surface area contributed by atoms with Gasteiger partial charge in [-0.25, -0.2) is 4.98 Å². The Kier molecular flexibility index (Phi) is 5.29. The Hall–Kier alpha value is -0.580. The second-order valence-corrected chi connectivity index (χ2v) is 6.23. The van der Waals surface area contributed by atoms with E-state index in [9.17, 15) is 0 Å². The van der Waals surface area contributed by atoms with Crippen LogP contribution in [-0.2, 0) is 0 Å². The van der Waals surface area contributed by atoms with Crippen LogP contribution < -0.4 is 5.32 Å². The van der Waals surface area contributed by atoms with Gasteiger partial charge in [0.15, 0.2) is 4.34 Å². The zero-order chi connectivity index (χ0) is 11.9. The van der Waals surface area contributed by atoms with Gasteiger partial charge in [0.2, 0.25) is 0 Å². The smallest absolute Gasteiger partial charge is 0.151 e. The van der Waals surface area contributed by atoms with Gasteiger partial charge in [-0.1, -0.05) is 30.8 Å². The van der Waals surface area contributed by atoms with Crippen LogP contribution in [-0.4, -0.2) is 23.8 Å². The highest BCUT2D eigenvalue weighted by Crippen LogP contribution is 2.29. The first-order chi connectivity index (χ1) is 8.40. The third kappa shape index (κ3) is 3.98. The van der Waals surface area contributed by atoms with Crippen molar-refractivity contribution in [2.24, 2.45) is 0 Å². The molecule has 4 heteroatoms. The van der Waals surface area contributed by atoms with E-state index in [-0.39, 0.29) is 0 Å². The molecule has 0 saturated heterocycles. The maximum absolute atomic E-state index is 4.61. The summed E-state index contributed by atoms with van der Waals surface area (Å²) in [6.45, 7) is 4.36. The molecule has 92 valence electrons. The molecule has 1 N–H and O–H groups in total. The number of benzene rings is 1. The summed E-state index contributed by atoms with van der Waals surface area (Å²) in [6, 6.07) is 8.35. The third-order valence-electron chi connectivity index (χ3n) is 2.50. The van der Waals surface area contributed by atoms with Gasteiger partial charge in [0.25, 0.3) is 0 Å². The van der Waals surface area contributed by atoms with Crippen molar-refractivity contribution < 1.29 is 0 Å². The molecule has 0 bridgehead atoms. The van der Waals surface area contributed by atoms with Crippen LogP contribution in [0.1, 0.15) is 19.8 Å². The van der Waals surface area contributed by atoms with E-state index in [4.69, 9.17) is 0 Å². The molecule has 0 spiro atoms. The van der Waals surface area contributed by atoms with E-state index in [1.54, 1.807) is 11.3 Å². The Labute approximate surface area is 111 Å². The fraction of sp³-hybridized carbons (Fsp3) is 0.462. The Balaban J connectivity index is 1.75. The first-order valence-electron chi connectivity index (χ1n) is 6.09. The molecule has 2 nitrogen and oxygen atoms in total. The average Bonchev–Trinajstić information content (AvgIpc) is 2.76. The molecule has 0 unspecified atom stereocenters. The zero-order valence-corrected chi connectivity index (χ0v) is 11.7. The lowest BCUT2D eigenvalue weighted by molar-refractivity contribution is 0.666. The molecule has 0 aliphatic carbocycles. The lowest BCUT2D eigenvalue weighted by Gasteiger charge is -2.00. The monoisotopic (exact) mass is 266 g/mol. The van der Waals surface area contributed by atoms with E-state index < -0.39 is 0 Å². The highest BCUT2D eigenvalue weighted by atomic mass is 32.2. The fourth-order valence-electron chi connectivity index (χ4n) is 1.60. The molecule has 17 heavy (non-hydrogen) atoms. The number of nitrogens with one attached hydrogen (secondary N) is 1. The van der Waals surface area contributed by atoms with Gasteiger partial charge >= 0.3 is 0 Å². The minimum absolute atomic E-state index is 1.07. The van der Waals surface area contributed by atoms with Crippen LogP contribution in [0.5, 0.6) is 0 Å². The number of hydrogen-bond acceptors (Lipinski definition) is 4. The number of thiazole rings is 1. The van der Waals surface area contributed by atoms with E-state index in [1.807, 2.05) is 17.8 Å². The van der Waals surface area contributed by atoms with Crippen molar-refractivity contribution in [3.05, 3.63) is 24.3 Å². The molecule has 0 amide bonds. The lowest BCUT2D eigenvalue weighted by atomic mass is 10.3. The van der Waals surface area contributed by atoms with Crippen LogP contribution in [0, 0.1) is 0 Å². The Morgan fingerprint density at radius 1 is 1.29 bits per heavy atom.